The van der Waals surface area contributed by atoms with Crippen molar-refractivity contribution < 1.29 is 13.9 Å². The summed E-state index contributed by atoms with van der Waals surface area (Å²) in [7, 11) is 1.37. The van der Waals surface area contributed by atoms with Gasteiger partial charge in [0.05, 0.1) is 24.4 Å². The van der Waals surface area contributed by atoms with Crippen LogP contribution in [-0.2, 0) is 4.74 Å². The number of aromatic nitrogens is 1. The van der Waals surface area contributed by atoms with Crippen LogP contribution in [0.3, 0.4) is 0 Å². The summed E-state index contributed by atoms with van der Waals surface area (Å²) in [5.41, 5.74) is 2.93. The Bertz CT molecular complexity index is 1290. The van der Waals surface area contributed by atoms with Gasteiger partial charge in [-0.25, -0.2) is 4.79 Å². The van der Waals surface area contributed by atoms with Crippen molar-refractivity contribution in [2.45, 2.75) is 12.1 Å². The van der Waals surface area contributed by atoms with Crippen LogP contribution in [0.15, 0.2) is 95.5 Å². The number of nitrogens with one attached hydrogen (secondary N) is 1. The number of thiocarbonyl (C=S) groups is 1. The number of anilines is 1. The van der Waals surface area contributed by atoms with Gasteiger partial charge in [-0.1, -0.05) is 42.5 Å². The molecular weight excluding hydrogens is 434 g/mol. The average Bonchev–Trinajstić information content (AvgIpc) is 3.49. The van der Waals surface area contributed by atoms with Crippen molar-refractivity contribution in [1.29, 1.82) is 0 Å². The molecule has 33 heavy (non-hydrogen) atoms. The van der Waals surface area contributed by atoms with Crippen LogP contribution >= 0.6 is 12.2 Å². The zero-order valence-electron chi connectivity index (χ0n) is 17.8. The molecule has 5 rings (SSSR count). The fraction of sp³-hybridized carbons (Fsp3) is 0.115. The number of nitrogens with zero attached hydrogens (tertiary/aromatic N) is 2. The van der Waals surface area contributed by atoms with E-state index in [0.29, 0.717) is 27.8 Å². The minimum absolute atomic E-state index is 0.214. The van der Waals surface area contributed by atoms with Gasteiger partial charge < -0.3 is 19.4 Å². The van der Waals surface area contributed by atoms with Crippen molar-refractivity contribution >= 4 is 29.0 Å². The van der Waals surface area contributed by atoms with E-state index in [1.807, 2.05) is 77.7 Å². The zero-order chi connectivity index (χ0) is 22.8. The minimum Gasteiger partial charge on any atom is -0.465 e. The molecule has 7 heteroatoms. The van der Waals surface area contributed by atoms with Crippen LogP contribution in [0.5, 0.6) is 0 Å². The molecule has 4 aromatic rings. The molecule has 0 amide bonds. The Morgan fingerprint density at radius 1 is 1.00 bits per heavy atom. The number of hydrogen-bond donors (Lipinski definition) is 1. The normalized spacial score (nSPS) is 17.6. The van der Waals surface area contributed by atoms with E-state index in [4.69, 9.17) is 21.4 Å². The molecule has 1 aliphatic rings. The van der Waals surface area contributed by atoms with E-state index in [9.17, 15) is 4.79 Å². The van der Waals surface area contributed by atoms with E-state index in [0.717, 1.165) is 11.4 Å². The van der Waals surface area contributed by atoms with Gasteiger partial charge in [-0.05, 0) is 54.7 Å². The summed E-state index contributed by atoms with van der Waals surface area (Å²) in [5.74, 6) is 0.873. The number of pyridine rings is 1. The fourth-order valence-electron chi connectivity index (χ4n) is 4.15. The molecular formula is C26H21N3O3S. The number of carbonyl (C=O) groups is 1. The van der Waals surface area contributed by atoms with E-state index in [2.05, 4.69) is 10.3 Å². The number of methoxy groups -OCH3 is 1. The Balaban J connectivity index is 1.60. The molecule has 1 fully saturated rings. The lowest BCUT2D eigenvalue weighted by atomic mass is 10.0. The molecule has 2 atom stereocenters. The highest BCUT2D eigenvalue weighted by atomic mass is 32.1. The second-order valence-corrected chi connectivity index (χ2v) is 7.96. The number of carbonyl (C=O) groups excluding carboxylic acids is 1. The van der Waals surface area contributed by atoms with Gasteiger partial charge in [0.25, 0.3) is 0 Å². The van der Waals surface area contributed by atoms with Gasteiger partial charge in [0.1, 0.15) is 17.6 Å². The van der Waals surface area contributed by atoms with Crippen molar-refractivity contribution in [2.24, 2.45) is 0 Å². The highest BCUT2D eigenvalue weighted by Crippen LogP contribution is 2.43. The highest BCUT2D eigenvalue weighted by Gasteiger charge is 2.42. The van der Waals surface area contributed by atoms with Crippen molar-refractivity contribution in [2.75, 3.05) is 12.0 Å². The number of benzene rings is 2. The molecule has 0 aliphatic carbocycles. The Morgan fingerprint density at radius 3 is 2.52 bits per heavy atom. The van der Waals surface area contributed by atoms with E-state index < -0.39 is 5.97 Å². The van der Waals surface area contributed by atoms with Crippen molar-refractivity contribution in [3.05, 3.63) is 108 Å². The lowest BCUT2D eigenvalue weighted by Gasteiger charge is -2.26. The SMILES string of the molecule is COC(=O)c1ccccc1-c1ccc([C@H]2[C@@H](c3ccccn3)NC(=S)N2c2ccccc2)o1. The summed E-state index contributed by atoms with van der Waals surface area (Å²) in [4.78, 5) is 18.9. The van der Waals surface area contributed by atoms with Crippen molar-refractivity contribution in [3.63, 3.8) is 0 Å². The summed E-state index contributed by atoms with van der Waals surface area (Å²) in [6.07, 6.45) is 1.77. The maximum absolute atomic E-state index is 12.3. The summed E-state index contributed by atoms with van der Waals surface area (Å²) in [6, 6.07) is 26.3. The maximum Gasteiger partial charge on any atom is 0.338 e. The molecule has 1 N–H and O–H groups in total. The smallest absolute Gasteiger partial charge is 0.338 e. The van der Waals surface area contributed by atoms with Crippen molar-refractivity contribution in [1.82, 2.24) is 10.3 Å². The Hall–Kier alpha value is -3.97. The van der Waals surface area contributed by atoms with Crippen LogP contribution in [0.2, 0.25) is 0 Å². The van der Waals surface area contributed by atoms with Gasteiger partial charge in [0.15, 0.2) is 5.11 Å². The molecule has 0 radical (unpaired) electrons. The van der Waals surface area contributed by atoms with Gasteiger partial charge in [0.2, 0.25) is 0 Å². The third-order valence-corrected chi connectivity index (χ3v) is 5.96. The number of rotatable bonds is 5. The Kier molecular flexibility index (Phi) is 5.62. The highest BCUT2D eigenvalue weighted by molar-refractivity contribution is 7.80. The van der Waals surface area contributed by atoms with Gasteiger partial charge in [-0.3, -0.25) is 4.98 Å². The second-order valence-electron chi connectivity index (χ2n) is 7.57. The van der Waals surface area contributed by atoms with Gasteiger partial charge >= 0.3 is 5.97 Å². The number of furan rings is 1. The molecule has 0 unspecified atom stereocenters. The van der Waals surface area contributed by atoms with Crippen LogP contribution in [0.4, 0.5) is 5.69 Å². The predicted molar refractivity (Wildman–Crippen MR) is 130 cm³/mol. The zero-order valence-corrected chi connectivity index (χ0v) is 18.7. The summed E-state index contributed by atoms with van der Waals surface area (Å²) in [5, 5.41) is 4.01. The summed E-state index contributed by atoms with van der Waals surface area (Å²) in [6.45, 7) is 0. The fourth-order valence-corrected chi connectivity index (χ4v) is 4.50. The van der Waals surface area contributed by atoms with Crippen LogP contribution in [0.25, 0.3) is 11.3 Å². The Labute approximate surface area is 196 Å². The molecule has 164 valence electrons. The number of hydrogen-bond acceptors (Lipinski definition) is 5. The predicted octanol–water partition coefficient (Wildman–Crippen LogP) is 5.31. The van der Waals surface area contributed by atoms with Crippen LogP contribution in [-0.4, -0.2) is 23.2 Å². The molecule has 1 saturated heterocycles. The molecule has 0 spiro atoms. The minimum atomic E-state index is -0.412. The lowest BCUT2D eigenvalue weighted by Crippen LogP contribution is -2.29. The lowest BCUT2D eigenvalue weighted by molar-refractivity contribution is 0.0601. The van der Waals surface area contributed by atoms with Gasteiger partial charge in [-0.2, -0.15) is 0 Å². The van der Waals surface area contributed by atoms with Crippen LogP contribution in [0, 0.1) is 0 Å². The average molecular weight is 456 g/mol. The van der Waals surface area contributed by atoms with E-state index in [1.54, 1.807) is 18.3 Å². The third-order valence-electron chi connectivity index (χ3n) is 5.65. The van der Waals surface area contributed by atoms with Crippen LogP contribution < -0.4 is 10.2 Å². The summed E-state index contributed by atoms with van der Waals surface area (Å²) >= 11 is 5.73. The first kappa shape index (κ1) is 20.9. The Morgan fingerprint density at radius 2 is 1.76 bits per heavy atom. The molecule has 2 aromatic carbocycles. The van der Waals surface area contributed by atoms with Crippen LogP contribution in [0.1, 0.15) is 33.9 Å². The number of para-hydroxylation sites is 1. The maximum atomic E-state index is 12.3. The first-order valence-corrected chi connectivity index (χ1v) is 10.9. The monoisotopic (exact) mass is 455 g/mol. The molecule has 0 saturated carbocycles. The molecule has 1 aliphatic heterocycles. The first-order chi connectivity index (χ1) is 16.2. The molecule has 0 bridgehead atoms. The standard InChI is InChI=1S/C26H21N3O3S/c1-31-25(30)19-12-6-5-11-18(19)21-14-15-22(32-21)24-23(20-13-7-8-16-27-20)28-26(33)29(24)17-9-3-2-4-10-17/h2-16,23-24H,1H3,(H,28,33)/t23-,24+/m1/s1. The summed E-state index contributed by atoms with van der Waals surface area (Å²) < 4.78 is 11.3. The van der Waals surface area contributed by atoms with E-state index in [1.165, 1.54) is 7.11 Å². The first-order valence-electron chi connectivity index (χ1n) is 10.5. The number of ether oxygens (including phenoxy) is 1. The molecule has 3 heterocycles. The largest absolute Gasteiger partial charge is 0.465 e. The topological polar surface area (TPSA) is 67.6 Å². The number of esters is 1. The van der Waals surface area contributed by atoms with Gasteiger partial charge in [-0.15, -0.1) is 0 Å². The van der Waals surface area contributed by atoms with Crippen molar-refractivity contribution in [3.8, 4) is 11.3 Å². The quantitative estimate of drug-likeness (QED) is 0.323. The molecule has 6 nitrogen and oxygen atoms in total. The molecule has 2 aromatic heterocycles. The third kappa shape index (κ3) is 3.87. The van der Waals surface area contributed by atoms with Gasteiger partial charge in [0, 0.05) is 17.4 Å². The van der Waals surface area contributed by atoms with E-state index >= 15 is 0 Å². The van der Waals surface area contributed by atoms with E-state index in [-0.39, 0.29) is 12.1 Å². The second kappa shape index (κ2) is 8.88.